The highest BCUT2D eigenvalue weighted by Crippen LogP contribution is 2.39. The smallest absolute Gasteiger partial charge is 0.258 e. The van der Waals surface area contributed by atoms with Crippen LogP contribution in [0.15, 0.2) is 58.6 Å². The van der Waals surface area contributed by atoms with Crippen molar-refractivity contribution >= 4 is 29.1 Å². The molecule has 3 aromatic rings. The van der Waals surface area contributed by atoms with Gasteiger partial charge in [0.1, 0.15) is 4.90 Å². The van der Waals surface area contributed by atoms with Gasteiger partial charge in [0.2, 0.25) is 5.16 Å². The van der Waals surface area contributed by atoms with Gasteiger partial charge < -0.3 is 0 Å². The highest BCUT2D eigenvalue weighted by Gasteiger charge is 2.21. The van der Waals surface area contributed by atoms with Gasteiger partial charge in [0.25, 0.3) is 5.69 Å². The summed E-state index contributed by atoms with van der Waals surface area (Å²) in [6.45, 7) is 0. The lowest BCUT2D eigenvalue weighted by molar-refractivity contribution is -0.387. The van der Waals surface area contributed by atoms with Crippen LogP contribution in [-0.2, 0) is 0 Å². The Balaban J connectivity index is 2.03. The fourth-order valence-corrected chi connectivity index (χ4v) is 2.99. The number of para-hydroxylation sites is 1. The SMILES string of the molecule is O=[N+]([O-])c1cccc(Cl)c1Sc1nnnn1-c1ccccc1. The lowest BCUT2D eigenvalue weighted by atomic mass is 10.3. The summed E-state index contributed by atoms with van der Waals surface area (Å²) in [5.41, 5.74) is 0.671. The molecule has 1 heterocycles. The van der Waals surface area contributed by atoms with Crippen molar-refractivity contribution < 1.29 is 4.92 Å². The minimum absolute atomic E-state index is 0.0832. The van der Waals surface area contributed by atoms with Crippen LogP contribution in [0.3, 0.4) is 0 Å². The van der Waals surface area contributed by atoms with Crippen LogP contribution in [0, 0.1) is 10.1 Å². The topological polar surface area (TPSA) is 86.7 Å². The van der Waals surface area contributed by atoms with Crippen molar-refractivity contribution in [3.05, 3.63) is 63.7 Å². The molecule has 0 saturated heterocycles. The fourth-order valence-electron chi connectivity index (χ4n) is 1.81. The Bertz CT molecular complexity index is 824. The lowest BCUT2D eigenvalue weighted by Crippen LogP contribution is -1.99. The number of hydrogen-bond acceptors (Lipinski definition) is 6. The Labute approximate surface area is 134 Å². The third-order valence-corrected chi connectivity index (χ3v) is 4.28. The molecule has 0 bridgehead atoms. The summed E-state index contributed by atoms with van der Waals surface area (Å²) < 4.78 is 1.50. The van der Waals surface area contributed by atoms with Crippen LogP contribution < -0.4 is 0 Å². The van der Waals surface area contributed by atoms with Crippen molar-refractivity contribution in [2.45, 2.75) is 10.1 Å². The van der Waals surface area contributed by atoms with Crippen molar-refractivity contribution in [1.29, 1.82) is 0 Å². The maximum absolute atomic E-state index is 11.1. The Morgan fingerprint density at radius 1 is 1.14 bits per heavy atom. The summed E-state index contributed by atoms with van der Waals surface area (Å²) in [5, 5.41) is 23.3. The summed E-state index contributed by atoms with van der Waals surface area (Å²) in [5.74, 6) is 0. The highest BCUT2D eigenvalue weighted by atomic mass is 35.5. The van der Waals surface area contributed by atoms with Gasteiger partial charge >= 0.3 is 0 Å². The molecule has 0 saturated carbocycles. The van der Waals surface area contributed by atoms with Gasteiger partial charge in [0.15, 0.2) is 0 Å². The molecule has 9 heteroatoms. The Hall–Kier alpha value is -2.45. The van der Waals surface area contributed by atoms with Crippen LogP contribution in [0.5, 0.6) is 0 Å². The van der Waals surface area contributed by atoms with Crippen LogP contribution >= 0.6 is 23.4 Å². The Morgan fingerprint density at radius 2 is 1.91 bits per heavy atom. The standard InChI is InChI=1S/C13H8ClN5O2S/c14-10-7-4-8-11(19(20)21)12(10)22-13-15-16-17-18(13)9-5-2-1-3-6-9/h1-8H. The number of nitrogens with zero attached hydrogens (tertiary/aromatic N) is 5. The maximum Gasteiger partial charge on any atom is 0.284 e. The molecule has 7 nitrogen and oxygen atoms in total. The Kier molecular flexibility index (Phi) is 4.03. The van der Waals surface area contributed by atoms with Crippen molar-refractivity contribution in [3.63, 3.8) is 0 Å². The molecule has 0 atom stereocenters. The molecule has 22 heavy (non-hydrogen) atoms. The number of halogens is 1. The van der Waals surface area contributed by atoms with E-state index >= 15 is 0 Å². The normalized spacial score (nSPS) is 10.6. The minimum Gasteiger partial charge on any atom is -0.258 e. The van der Waals surface area contributed by atoms with E-state index in [1.54, 1.807) is 6.07 Å². The average molecular weight is 334 g/mol. The number of benzene rings is 2. The molecule has 3 rings (SSSR count). The van der Waals surface area contributed by atoms with Crippen molar-refractivity contribution in [3.8, 4) is 5.69 Å². The van der Waals surface area contributed by atoms with E-state index < -0.39 is 4.92 Å². The summed E-state index contributed by atoms with van der Waals surface area (Å²) in [7, 11) is 0. The van der Waals surface area contributed by atoms with Crippen molar-refractivity contribution in [1.82, 2.24) is 20.2 Å². The minimum atomic E-state index is -0.481. The first-order valence-corrected chi connectivity index (χ1v) is 7.31. The zero-order chi connectivity index (χ0) is 15.5. The monoisotopic (exact) mass is 333 g/mol. The average Bonchev–Trinajstić information content (AvgIpc) is 2.98. The molecule has 0 radical (unpaired) electrons. The first kappa shape index (κ1) is 14.5. The van der Waals surface area contributed by atoms with E-state index in [4.69, 9.17) is 11.6 Å². The second kappa shape index (κ2) is 6.12. The van der Waals surface area contributed by atoms with Crippen LogP contribution in [0.4, 0.5) is 5.69 Å². The molecule has 0 aliphatic heterocycles. The Morgan fingerprint density at radius 3 is 2.64 bits per heavy atom. The molecule has 0 aliphatic carbocycles. The number of nitro groups is 1. The predicted octanol–water partition coefficient (Wildman–Crippen LogP) is 3.38. The molecule has 0 spiro atoms. The number of rotatable bonds is 4. The van der Waals surface area contributed by atoms with Gasteiger partial charge in [-0.2, -0.15) is 4.68 Å². The molecule has 0 N–H and O–H groups in total. The van der Waals surface area contributed by atoms with Gasteiger partial charge in [-0.25, -0.2) is 0 Å². The second-order valence-corrected chi connectivity index (χ2v) is 5.54. The zero-order valence-corrected chi connectivity index (χ0v) is 12.5. The van der Waals surface area contributed by atoms with E-state index in [2.05, 4.69) is 15.5 Å². The zero-order valence-electron chi connectivity index (χ0n) is 11.0. The van der Waals surface area contributed by atoms with Gasteiger partial charge in [0, 0.05) is 6.07 Å². The first-order valence-electron chi connectivity index (χ1n) is 6.11. The number of hydrogen-bond donors (Lipinski definition) is 0. The molecule has 2 aromatic carbocycles. The van der Waals surface area contributed by atoms with Gasteiger partial charge in [-0.15, -0.1) is 5.10 Å². The number of tetrazole rings is 1. The number of nitro benzene ring substituents is 1. The van der Waals surface area contributed by atoms with Gasteiger partial charge in [-0.05, 0) is 40.4 Å². The molecule has 1 aromatic heterocycles. The molecule has 0 aliphatic rings. The van der Waals surface area contributed by atoms with Gasteiger partial charge in [0.05, 0.1) is 15.6 Å². The summed E-state index contributed by atoms with van der Waals surface area (Å²) in [4.78, 5) is 11.0. The highest BCUT2D eigenvalue weighted by molar-refractivity contribution is 7.99. The van der Waals surface area contributed by atoms with E-state index in [1.165, 1.54) is 16.8 Å². The van der Waals surface area contributed by atoms with Crippen molar-refractivity contribution in [2.24, 2.45) is 0 Å². The third kappa shape index (κ3) is 2.78. The van der Waals surface area contributed by atoms with Crippen LogP contribution in [0.1, 0.15) is 0 Å². The van der Waals surface area contributed by atoms with Gasteiger partial charge in [-0.3, -0.25) is 10.1 Å². The molecule has 0 amide bonds. The van der Waals surface area contributed by atoms with Crippen LogP contribution in [0.2, 0.25) is 5.02 Å². The quantitative estimate of drug-likeness (QED) is 0.537. The van der Waals surface area contributed by atoms with Crippen LogP contribution in [-0.4, -0.2) is 25.1 Å². The third-order valence-electron chi connectivity index (χ3n) is 2.78. The second-order valence-electron chi connectivity index (χ2n) is 4.16. The van der Waals surface area contributed by atoms with E-state index in [-0.39, 0.29) is 10.7 Å². The summed E-state index contributed by atoms with van der Waals surface area (Å²) in [6.07, 6.45) is 0. The molecule has 0 fully saturated rings. The summed E-state index contributed by atoms with van der Waals surface area (Å²) >= 11 is 7.14. The van der Waals surface area contributed by atoms with E-state index in [1.807, 2.05) is 30.3 Å². The molecule has 0 unspecified atom stereocenters. The molecular weight excluding hydrogens is 326 g/mol. The largest absolute Gasteiger partial charge is 0.284 e. The van der Waals surface area contributed by atoms with Crippen molar-refractivity contribution in [2.75, 3.05) is 0 Å². The lowest BCUT2D eigenvalue weighted by Gasteiger charge is -2.05. The molecule has 110 valence electrons. The van der Waals surface area contributed by atoms with Crippen LogP contribution in [0.25, 0.3) is 5.69 Å². The van der Waals surface area contributed by atoms with Gasteiger partial charge in [-0.1, -0.05) is 35.9 Å². The molecular formula is C13H8ClN5O2S. The fraction of sp³-hybridized carbons (Fsp3) is 0. The van der Waals surface area contributed by atoms with E-state index in [0.717, 1.165) is 17.4 Å². The number of aromatic nitrogens is 4. The van der Waals surface area contributed by atoms with E-state index in [0.29, 0.717) is 10.1 Å². The first-order chi connectivity index (χ1) is 10.7. The predicted molar refractivity (Wildman–Crippen MR) is 81.4 cm³/mol. The summed E-state index contributed by atoms with van der Waals surface area (Å²) in [6, 6.07) is 13.8. The van der Waals surface area contributed by atoms with E-state index in [9.17, 15) is 10.1 Å². The maximum atomic E-state index is 11.1.